The number of methoxy groups -OCH3 is 2. The van der Waals surface area contributed by atoms with E-state index in [4.69, 9.17) is 4.74 Å². The molecule has 2 aliphatic rings. The Morgan fingerprint density at radius 1 is 1.14 bits per heavy atom. The first-order valence-electron chi connectivity index (χ1n) is 15.1. The summed E-state index contributed by atoms with van der Waals surface area (Å²) in [4.78, 5) is 46.7. The summed E-state index contributed by atoms with van der Waals surface area (Å²) in [6, 6.07) is 5.86. The van der Waals surface area contributed by atoms with E-state index in [2.05, 4.69) is 33.2 Å². The number of likely N-dealkylation sites (tertiary alicyclic amines) is 1. The summed E-state index contributed by atoms with van der Waals surface area (Å²) in [6.45, 7) is 17.4. The van der Waals surface area contributed by atoms with Crippen LogP contribution in [-0.4, -0.2) is 84.5 Å². The molecule has 4 heterocycles. The zero-order chi connectivity index (χ0) is 32.1. The fraction of sp³-hybridized carbons (Fsp3) is 0.576. The molecule has 0 N–H and O–H groups in total. The van der Waals surface area contributed by atoms with Gasteiger partial charge in [-0.05, 0) is 51.1 Å². The number of pyridine rings is 1. The smallest absolute Gasteiger partial charge is 0.234 e. The van der Waals surface area contributed by atoms with Gasteiger partial charge in [-0.3, -0.25) is 24.3 Å². The number of hydrogen-bond donors (Lipinski definition) is 0. The molecule has 3 aromatic rings. The highest BCUT2D eigenvalue weighted by Gasteiger charge is 2.72. The van der Waals surface area contributed by atoms with Crippen LogP contribution in [0.1, 0.15) is 62.5 Å². The predicted octanol–water partition coefficient (Wildman–Crippen LogP) is 5.67. The van der Waals surface area contributed by atoms with Crippen molar-refractivity contribution in [3.63, 3.8) is 0 Å². The first-order chi connectivity index (χ1) is 20.5. The third-order valence-corrected chi connectivity index (χ3v) is 9.68. The van der Waals surface area contributed by atoms with Crippen molar-refractivity contribution in [2.24, 2.45) is 17.3 Å². The Hall–Kier alpha value is -2.92. The number of aromatic nitrogens is 2. The van der Waals surface area contributed by atoms with Crippen LogP contribution in [0.15, 0.2) is 24.4 Å². The minimum Gasteiger partial charge on any atom is -0.385 e. The molecule has 3 aromatic heterocycles. The molecule has 1 saturated carbocycles. The van der Waals surface area contributed by atoms with E-state index >= 15 is 0 Å². The van der Waals surface area contributed by atoms with Gasteiger partial charge in [0.25, 0.3) is 0 Å². The number of amides is 2. The van der Waals surface area contributed by atoms with Crippen LogP contribution in [0, 0.1) is 24.2 Å². The number of nitrogens with zero attached hydrogens (tertiary/aromatic N) is 4. The molecule has 3 atom stereocenters. The van der Waals surface area contributed by atoms with Crippen LogP contribution in [0.5, 0.6) is 0 Å². The molecule has 3 unspecified atom stereocenters. The molecule has 2 fully saturated rings. The molecule has 1 saturated heterocycles. The molecule has 0 spiro atoms. The lowest BCUT2D eigenvalue weighted by Crippen LogP contribution is -2.35. The predicted molar refractivity (Wildman–Crippen MR) is 172 cm³/mol. The van der Waals surface area contributed by atoms with E-state index in [9.17, 15) is 14.4 Å². The number of fused-ring (bicyclic) bond motifs is 2. The summed E-state index contributed by atoms with van der Waals surface area (Å²) in [7, 11) is 5.46. The van der Waals surface area contributed by atoms with Crippen molar-refractivity contribution < 1.29 is 23.9 Å². The van der Waals surface area contributed by atoms with Crippen molar-refractivity contribution >= 4 is 39.7 Å². The van der Waals surface area contributed by atoms with Gasteiger partial charge in [0.1, 0.15) is 0 Å². The number of carbonyl (C=O) groups excluding carboxylic acids is 3. The molecule has 10 heteroatoms. The molecule has 2 amide bonds. The molecule has 236 valence electrons. The number of aldehydes is 1. The molecule has 43 heavy (non-hydrogen) atoms. The summed E-state index contributed by atoms with van der Waals surface area (Å²) in [5.41, 5.74) is 4.03. The summed E-state index contributed by atoms with van der Waals surface area (Å²) >= 11 is 1.55. The van der Waals surface area contributed by atoms with Crippen LogP contribution in [0.4, 0.5) is 0 Å². The molecular weight excluding hydrogens is 564 g/mol. The Morgan fingerprint density at radius 3 is 2.30 bits per heavy atom. The molecule has 0 bridgehead atoms. The van der Waals surface area contributed by atoms with Gasteiger partial charge in [0, 0.05) is 55.3 Å². The van der Waals surface area contributed by atoms with Gasteiger partial charge in [0.05, 0.1) is 46.9 Å². The fourth-order valence-corrected chi connectivity index (χ4v) is 6.84. The molecule has 0 aromatic carbocycles. The van der Waals surface area contributed by atoms with E-state index in [1.807, 2.05) is 59.7 Å². The molecule has 9 nitrogen and oxygen atoms in total. The summed E-state index contributed by atoms with van der Waals surface area (Å²) < 4.78 is 13.5. The monoisotopic (exact) mass is 612 g/mol. The number of ether oxygens (including phenoxy) is 2. The molecular formula is C33H48N4O5S. The van der Waals surface area contributed by atoms with E-state index in [0.717, 1.165) is 58.0 Å². The van der Waals surface area contributed by atoms with Gasteiger partial charge < -0.3 is 18.9 Å². The summed E-state index contributed by atoms with van der Waals surface area (Å²) in [5.74, 6) is -0.491. The van der Waals surface area contributed by atoms with Crippen LogP contribution in [0.2, 0.25) is 0 Å². The molecule has 5 rings (SSSR count). The highest BCUT2D eigenvalue weighted by atomic mass is 32.1. The van der Waals surface area contributed by atoms with Gasteiger partial charge in [-0.25, -0.2) is 0 Å². The maximum Gasteiger partial charge on any atom is 0.234 e. The summed E-state index contributed by atoms with van der Waals surface area (Å²) in [5, 5.41) is 0. The normalized spacial score (nSPS) is 19.1. The SMILES string of the molecule is CC.CCN(C)CC(Cn1c(-c2ccnc3cc(CN4C(=O)C5C(C4=O)C5(C)C)sc23)cc(C=O)c1C)OC.CCOC. The van der Waals surface area contributed by atoms with Crippen LogP contribution in [0.3, 0.4) is 0 Å². The highest BCUT2D eigenvalue weighted by molar-refractivity contribution is 7.19. The van der Waals surface area contributed by atoms with Crippen molar-refractivity contribution in [2.75, 3.05) is 41.0 Å². The fourth-order valence-electron chi connectivity index (χ4n) is 5.71. The van der Waals surface area contributed by atoms with E-state index in [1.54, 1.807) is 31.8 Å². The Morgan fingerprint density at radius 2 is 1.77 bits per heavy atom. The molecule has 1 aliphatic carbocycles. The second kappa shape index (κ2) is 14.7. The number of hydrogen-bond acceptors (Lipinski definition) is 8. The second-order valence-electron chi connectivity index (χ2n) is 11.4. The average molecular weight is 613 g/mol. The first kappa shape index (κ1) is 34.6. The third kappa shape index (κ3) is 6.93. The lowest BCUT2D eigenvalue weighted by atomic mass is 10.1. The van der Waals surface area contributed by atoms with Crippen molar-refractivity contribution in [2.45, 2.75) is 67.7 Å². The van der Waals surface area contributed by atoms with Gasteiger partial charge in [0.15, 0.2) is 6.29 Å². The van der Waals surface area contributed by atoms with Crippen LogP contribution in [0.25, 0.3) is 21.5 Å². The Bertz CT molecular complexity index is 1400. The Kier molecular flexibility index (Phi) is 11.8. The number of thiophene rings is 1. The van der Waals surface area contributed by atoms with Gasteiger partial charge in [0.2, 0.25) is 11.8 Å². The van der Waals surface area contributed by atoms with Gasteiger partial charge in [-0.15, -0.1) is 11.3 Å². The van der Waals surface area contributed by atoms with Crippen molar-refractivity contribution in [3.05, 3.63) is 40.5 Å². The lowest BCUT2D eigenvalue weighted by Gasteiger charge is -2.24. The maximum absolute atomic E-state index is 12.9. The maximum atomic E-state index is 12.9. The third-order valence-electron chi connectivity index (χ3n) is 8.54. The van der Waals surface area contributed by atoms with Gasteiger partial charge >= 0.3 is 0 Å². The standard InChI is InChI=1S/C28H34N4O4S.C3H8O.C2H6/c1-7-30(5)12-18(36-6)13-31-16(2)17(15-33)10-22(31)20-8-9-29-21-11-19(37-25(20)21)14-32-26(34)23-24(27(32)35)28(23,3)4;1-3-4-2;1-2/h8-11,15,18,23-24H,7,12-14H2,1-6H3;3H2,1-2H3;1-2H3. The Labute approximate surface area is 260 Å². The zero-order valence-electron chi connectivity index (χ0n) is 27.4. The number of carbonyl (C=O) groups is 3. The highest BCUT2D eigenvalue weighted by Crippen LogP contribution is 2.63. The van der Waals surface area contributed by atoms with E-state index < -0.39 is 0 Å². The van der Waals surface area contributed by atoms with E-state index in [-0.39, 0.29) is 41.7 Å². The minimum absolute atomic E-state index is 0.0478. The van der Waals surface area contributed by atoms with Crippen LogP contribution >= 0.6 is 11.3 Å². The number of imide groups is 1. The Balaban J connectivity index is 0.000000780. The second-order valence-corrected chi connectivity index (χ2v) is 12.6. The quantitative estimate of drug-likeness (QED) is 0.203. The minimum atomic E-state index is -0.217. The van der Waals surface area contributed by atoms with Gasteiger partial charge in [-0.2, -0.15) is 0 Å². The molecule has 1 aliphatic heterocycles. The topological polar surface area (TPSA) is 94.0 Å². The van der Waals surface area contributed by atoms with Crippen molar-refractivity contribution in [3.8, 4) is 11.3 Å². The largest absolute Gasteiger partial charge is 0.385 e. The van der Waals surface area contributed by atoms with E-state index in [0.29, 0.717) is 12.1 Å². The van der Waals surface area contributed by atoms with E-state index in [1.165, 1.54) is 4.90 Å². The lowest BCUT2D eigenvalue weighted by molar-refractivity contribution is -0.143. The van der Waals surface area contributed by atoms with Gasteiger partial charge in [-0.1, -0.05) is 34.6 Å². The number of rotatable bonds is 11. The van der Waals surface area contributed by atoms with Crippen molar-refractivity contribution in [1.29, 1.82) is 0 Å². The summed E-state index contributed by atoms with van der Waals surface area (Å²) in [6.07, 6.45) is 2.61. The van der Waals surface area contributed by atoms with Crippen LogP contribution < -0.4 is 0 Å². The number of likely N-dealkylation sites (N-methyl/N-ethyl adjacent to an activating group) is 1. The number of piperidine rings is 1. The first-order valence-corrected chi connectivity index (χ1v) is 15.9. The van der Waals surface area contributed by atoms with Crippen molar-refractivity contribution in [1.82, 2.24) is 19.4 Å². The van der Waals surface area contributed by atoms with Crippen LogP contribution in [-0.2, 0) is 32.2 Å². The average Bonchev–Trinajstić information content (AvgIpc) is 3.28. The molecule has 0 radical (unpaired) electrons. The zero-order valence-corrected chi connectivity index (χ0v) is 28.2.